The fraction of sp³-hybridized carbons (Fsp3) is 0.273. The largest absolute Gasteiger partial charge is 0.506 e. The van der Waals surface area contributed by atoms with Crippen molar-refractivity contribution in [1.29, 1.82) is 0 Å². The van der Waals surface area contributed by atoms with Gasteiger partial charge in [0.1, 0.15) is 13.2 Å². The average molecular weight is 475 g/mol. The highest BCUT2D eigenvalue weighted by molar-refractivity contribution is 5.91. The van der Waals surface area contributed by atoms with Gasteiger partial charge in [-0.2, -0.15) is 0 Å². The zero-order valence-electron chi connectivity index (χ0n) is 18.1. The summed E-state index contributed by atoms with van der Waals surface area (Å²) in [5.41, 5.74) is 0.605. The van der Waals surface area contributed by atoms with Crippen LogP contribution in [0.5, 0.6) is 17.2 Å². The van der Waals surface area contributed by atoms with Gasteiger partial charge in [-0.15, -0.1) is 0 Å². The highest BCUT2D eigenvalue weighted by Gasteiger charge is 2.35. The Morgan fingerprint density at radius 1 is 1.15 bits per heavy atom. The van der Waals surface area contributed by atoms with Gasteiger partial charge in [0.15, 0.2) is 41.5 Å². The van der Waals surface area contributed by atoms with Crippen molar-refractivity contribution in [3.8, 4) is 17.2 Å². The number of carbonyl (C=O) groups is 2. The fourth-order valence-corrected chi connectivity index (χ4v) is 3.07. The molecule has 0 fully saturated rings. The summed E-state index contributed by atoms with van der Waals surface area (Å²) in [7, 11) is 2.54. The number of carbonyl (C=O) groups excluding carboxylic acids is 2. The molecule has 0 radical (unpaired) electrons. The van der Waals surface area contributed by atoms with Crippen LogP contribution in [0.25, 0.3) is 0 Å². The minimum atomic E-state index is -1.51. The Kier molecular flexibility index (Phi) is 7.53. The van der Waals surface area contributed by atoms with E-state index in [0.29, 0.717) is 11.8 Å². The van der Waals surface area contributed by atoms with Crippen molar-refractivity contribution in [2.24, 2.45) is 0 Å². The lowest BCUT2D eigenvalue weighted by molar-refractivity contribution is -0.384. The van der Waals surface area contributed by atoms with Crippen LogP contribution in [0.15, 0.2) is 47.9 Å². The quantitative estimate of drug-likeness (QED) is 0.224. The first-order chi connectivity index (χ1) is 16.3. The summed E-state index contributed by atoms with van der Waals surface area (Å²) in [4.78, 5) is 33.4. The standard InChI is InChI=1S/C22H21NO11/c1-30-21-15(32-10-12-3-5-14(6-4-12)23(28)29)7-13(22(27)31-2)8-16(21)33-11-18-20(26)19(25)17(9-24)34-18/h3-9,17,19,25-26H,10-11H2,1-2H3/t17-,19-/m1/s1. The number of aldehydes is 1. The van der Waals surface area contributed by atoms with Crippen LogP contribution in [0.2, 0.25) is 0 Å². The molecule has 2 aromatic rings. The maximum absolute atomic E-state index is 12.1. The molecule has 0 spiro atoms. The SMILES string of the molecule is COC(=O)c1cc(OCC2=C(O)[C@H](O)[C@@H](C=O)O2)c(OC)c(OCc2ccc([N+](=O)[O-])cc2)c1. The molecule has 2 N–H and O–H groups in total. The third-order valence-corrected chi connectivity index (χ3v) is 4.84. The van der Waals surface area contributed by atoms with Crippen LogP contribution in [0.1, 0.15) is 15.9 Å². The number of nitro groups is 1. The van der Waals surface area contributed by atoms with Gasteiger partial charge < -0.3 is 33.9 Å². The van der Waals surface area contributed by atoms with E-state index in [1.54, 1.807) is 0 Å². The molecule has 0 bridgehead atoms. The van der Waals surface area contributed by atoms with E-state index in [4.69, 9.17) is 23.7 Å². The molecule has 0 aromatic heterocycles. The summed E-state index contributed by atoms with van der Waals surface area (Å²) < 4.78 is 26.7. The summed E-state index contributed by atoms with van der Waals surface area (Å²) in [5, 5.41) is 30.6. The van der Waals surface area contributed by atoms with Crippen molar-refractivity contribution < 1.29 is 48.4 Å². The summed E-state index contributed by atoms with van der Waals surface area (Å²) in [6.07, 6.45) is -2.43. The van der Waals surface area contributed by atoms with Crippen LogP contribution in [-0.2, 0) is 20.9 Å². The highest BCUT2D eigenvalue weighted by Crippen LogP contribution is 2.40. The molecule has 12 heteroatoms. The van der Waals surface area contributed by atoms with E-state index in [9.17, 15) is 29.9 Å². The predicted octanol–water partition coefficient (Wildman–Crippen LogP) is 2.08. The first kappa shape index (κ1) is 24.3. The summed E-state index contributed by atoms with van der Waals surface area (Å²) in [6.45, 7) is -0.406. The van der Waals surface area contributed by atoms with Gasteiger partial charge in [0.05, 0.1) is 24.7 Å². The Morgan fingerprint density at radius 3 is 2.26 bits per heavy atom. The molecule has 2 aromatic carbocycles. The normalized spacial score (nSPS) is 17.0. The number of nitrogens with zero attached hydrogens (tertiary/aromatic N) is 1. The van der Waals surface area contributed by atoms with E-state index in [0.717, 1.165) is 0 Å². The van der Waals surface area contributed by atoms with Crippen molar-refractivity contribution in [1.82, 2.24) is 0 Å². The second-order valence-corrected chi connectivity index (χ2v) is 6.97. The van der Waals surface area contributed by atoms with Crippen LogP contribution >= 0.6 is 0 Å². The average Bonchev–Trinajstić information content (AvgIpc) is 3.13. The molecule has 1 aliphatic rings. The third kappa shape index (κ3) is 5.18. The third-order valence-electron chi connectivity index (χ3n) is 4.84. The van der Waals surface area contributed by atoms with Gasteiger partial charge in [-0.3, -0.25) is 14.9 Å². The van der Waals surface area contributed by atoms with E-state index in [2.05, 4.69) is 0 Å². The lowest BCUT2D eigenvalue weighted by Gasteiger charge is -2.17. The first-order valence-electron chi connectivity index (χ1n) is 9.80. The smallest absolute Gasteiger partial charge is 0.338 e. The second-order valence-electron chi connectivity index (χ2n) is 6.97. The number of hydrogen-bond donors (Lipinski definition) is 2. The van der Waals surface area contributed by atoms with Gasteiger partial charge >= 0.3 is 5.97 Å². The van der Waals surface area contributed by atoms with Gasteiger partial charge in [-0.25, -0.2) is 4.79 Å². The zero-order chi connectivity index (χ0) is 24.8. The molecule has 1 heterocycles. The van der Waals surface area contributed by atoms with Gasteiger partial charge in [-0.1, -0.05) is 0 Å². The minimum Gasteiger partial charge on any atom is -0.506 e. The predicted molar refractivity (Wildman–Crippen MR) is 114 cm³/mol. The minimum absolute atomic E-state index is 0.0132. The molecule has 2 atom stereocenters. The summed E-state index contributed by atoms with van der Waals surface area (Å²) >= 11 is 0. The molecular formula is C22H21NO11. The number of esters is 1. The molecule has 34 heavy (non-hydrogen) atoms. The molecular weight excluding hydrogens is 454 g/mol. The Bertz CT molecular complexity index is 1110. The van der Waals surface area contributed by atoms with E-state index >= 15 is 0 Å². The van der Waals surface area contributed by atoms with Gasteiger partial charge in [-0.05, 0) is 29.8 Å². The van der Waals surface area contributed by atoms with Crippen molar-refractivity contribution in [2.75, 3.05) is 20.8 Å². The van der Waals surface area contributed by atoms with Crippen molar-refractivity contribution in [3.63, 3.8) is 0 Å². The Labute approximate surface area is 193 Å². The number of aliphatic hydroxyl groups excluding tert-OH is 2. The van der Waals surface area contributed by atoms with E-state index in [1.165, 1.54) is 50.6 Å². The van der Waals surface area contributed by atoms with Crippen molar-refractivity contribution >= 4 is 17.9 Å². The molecule has 0 unspecified atom stereocenters. The lowest BCUT2D eigenvalue weighted by atomic mass is 10.1. The number of ether oxygens (including phenoxy) is 5. The summed E-state index contributed by atoms with van der Waals surface area (Å²) in [5.74, 6) is -1.17. The molecule has 180 valence electrons. The molecule has 3 rings (SSSR count). The van der Waals surface area contributed by atoms with E-state index < -0.39 is 35.5 Å². The van der Waals surface area contributed by atoms with Crippen LogP contribution in [0.4, 0.5) is 5.69 Å². The maximum Gasteiger partial charge on any atom is 0.338 e. The maximum atomic E-state index is 12.1. The lowest BCUT2D eigenvalue weighted by Crippen LogP contribution is -2.25. The highest BCUT2D eigenvalue weighted by atomic mass is 16.6. The van der Waals surface area contributed by atoms with Crippen LogP contribution in [-0.4, -0.2) is 60.4 Å². The number of non-ortho nitro benzene ring substituents is 1. The number of benzene rings is 2. The van der Waals surface area contributed by atoms with Crippen molar-refractivity contribution in [2.45, 2.75) is 18.8 Å². The van der Waals surface area contributed by atoms with Gasteiger partial charge in [0.2, 0.25) is 5.75 Å². The molecule has 12 nitrogen and oxygen atoms in total. The first-order valence-corrected chi connectivity index (χ1v) is 9.80. The topological polar surface area (TPSA) is 164 Å². The van der Waals surface area contributed by atoms with Gasteiger partial charge in [0.25, 0.3) is 5.69 Å². The number of rotatable bonds is 10. The van der Waals surface area contributed by atoms with Crippen molar-refractivity contribution in [3.05, 3.63) is 69.2 Å². The monoisotopic (exact) mass is 475 g/mol. The Hall–Kier alpha value is -4.32. The zero-order valence-corrected chi connectivity index (χ0v) is 18.1. The van der Waals surface area contributed by atoms with Crippen LogP contribution < -0.4 is 14.2 Å². The van der Waals surface area contributed by atoms with Crippen LogP contribution in [0.3, 0.4) is 0 Å². The number of methoxy groups -OCH3 is 2. The molecule has 0 saturated carbocycles. The second kappa shape index (κ2) is 10.5. The van der Waals surface area contributed by atoms with Gasteiger partial charge in [0, 0.05) is 12.1 Å². The fourth-order valence-electron chi connectivity index (χ4n) is 3.07. The molecule has 0 amide bonds. The van der Waals surface area contributed by atoms with E-state index in [-0.39, 0.29) is 40.9 Å². The number of nitro benzene ring substituents is 1. The summed E-state index contributed by atoms with van der Waals surface area (Å²) in [6, 6.07) is 8.40. The van der Waals surface area contributed by atoms with E-state index in [1.807, 2.05) is 0 Å². The Morgan fingerprint density at radius 2 is 1.76 bits per heavy atom. The molecule has 1 aliphatic heterocycles. The molecule has 0 aliphatic carbocycles. The van der Waals surface area contributed by atoms with Crippen LogP contribution in [0, 0.1) is 10.1 Å². The molecule has 0 saturated heterocycles. The number of hydrogen-bond acceptors (Lipinski definition) is 11. The number of aliphatic hydroxyl groups is 2. The Balaban J connectivity index is 1.85.